The number of aromatic carboxylic acids is 1. The van der Waals surface area contributed by atoms with Crippen LogP contribution in [0.5, 0.6) is 0 Å². The molecule has 0 unspecified atom stereocenters. The molecule has 5 heteroatoms. The molecule has 5 nitrogen and oxygen atoms in total. The molecule has 0 aliphatic carbocycles. The molecule has 0 aromatic carbocycles. The fourth-order valence-corrected chi connectivity index (χ4v) is 2.43. The van der Waals surface area contributed by atoms with Gasteiger partial charge in [0.25, 0.3) is 0 Å². The fraction of sp³-hybridized carbons (Fsp3) is 0.538. The van der Waals surface area contributed by atoms with Gasteiger partial charge in [0.15, 0.2) is 0 Å². The maximum absolute atomic E-state index is 11.2. The topological polar surface area (TPSA) is 56.7 Å². The smallest absolute Gasteiger partial charge is 0.337 e. The van der Waals surface area contributed by atoms with Crippen LogP contribution in [0.4, 0.5) is 5.69 Å². The van der Waals surface area contributed by atoms with Crippen LogP contribution < -0.4 is 4.90 Å². The van der Waals surface area contributed by atoms with E-state index in [4.69, 9.17) is 0 Å². The monoisotopic (exact) mass is 249 g/mol. The molecular weight excluding hydrogens is 230 g/mol. The van der Waals surface area contributed by atoms with Crippen LogP contribution in [0.25, 0.3) is 0 Å². The van der Waals surface area contributed by atoms with Crippen molar-refractivity contribution in [2.75, 3.05) is 32.1 Å². The number of carboxylic acids is 1. The summed E-state index contributed by atoms with van der Waals surface area (Å²) in [4.78, 5) is 19.6. The van der Waals surface area contributed by atoms with Crippen LogP contribution >= 0.6 is 0 Å². The third-order valence-electron chi connectivity index (χ3n) is 3.65. The van der Waals surface area contributed by atoms with Gasteiger partial charge in [-0.05, 0) is 39.0 Å². The van der Waals surface area contributed by atoms with Crippen molar-refractivity contribution in [1.82, 2.24) is 9.88 Å². The van der Waals surface area contributed by atoms with Gasteiger partial charge in [0.2, 0.25) is 0 Å². The molecule has 1 aromatic rings. The highest BCUT2D eigenvalue weighted by atomic mass is 16.4. The summed E-state index contributed by atoms with van der Waals surface area (Å²) in [5.41, 5.74) is 1.03. The van der Waals surface area contributed by atoms with Crippen LogP contribution in [0.15, 0.2) is 18.5 Å². The molecule has 1 aliphatic heterocycles. The van der Waals surface area contributed by atoms with Gasteiger partial charge in [0, 0.05) is 19.3 Å². The second-order valence-electron chi connectivity index (χ2n) is 4.84. The summed E-state index contributed by atoms with van der Waals surface area (Å²) in [6.07, 6.45) is 5.28. The highest BCUT2D eigenvalue weighted by molar-refractivity contribution is 5.94. The Morgan fingerprint density at radius 3 is 2.78 bits per heavy atom. The highest BCUT2D eigenvalue weighted by Crippen LogP contribution is 2.24. The molecule has 0 spiro atoms. The lowest BCUT2D eigenvalue weighted by Gasteiger charge is -2.36. The number of nitrogens with zero attached hydrogens (tertiary/aromatic N) is 3. The standard InChI is InChI=1S/C13H19N3O2/c1-15-7-4-10(5-8-15)16(2)12-9-14-6-3-11(12)13(17)18/h3,6,9-10H,4-5,7-8H2,1-2H3,(H,17,18). The molecule has 18 heavy (non-hydrogen) atoms. The van der Waals surface area contributed by atoms with Crippen molar-refractivity contribution >= 4 is 11.7 Å². The minimum Gasteiger partial charge on any atom is -0.478 e. The van der Waals surface area contributed by atoms with E-state index in [2.05, 4.69) is 21.8 Å². The van der Waals surface area contributed by atoms with E-state index >= 15 is 0 Å². The Hall–Kier alpha value is -1.62. The zero-order valence-electron chi connectivity index (χ0n) is 10.8. The van der Waals surface area contributed by atoms with Crippen LogP contribution in [0.3, 0.4) is 0 Å². The predicted molar refractivity (Wildman–Crippen MR) is 70.1 cm³/mol. The Kier molecular flexibility index (Phi) is 3.81. The summed E-state index contributed by atoms with van der Waals surface area (Å²) in [6, 6.07) is 1.95. The van der Waals surface area contributed by atoms with Gasteiger partial charge in [-0.1, -0.05) is 0 Å². The second-order valence-corrected chi connectivity index (χ2v) is 4.84. The first-order valence-electron chi connectivity index (χ1n) is 6.18. The summed E-state index contributed by atoms with van der Waals surface area (Å²) in [6.45, 7) is 2.11. The van der Waals surface area contributed by atoms with Crippen molar-refractivity contribution in [3.63, 3.8) is 0 Å². The molecular formula is C13H19N3O2. The minimum absolute atomic E-state index is 0.325. The molecule has 0 bridgehead atoms. The number of hydrogen-bond acceptors (Lipinski definition) is 4. The van der Waals surface area contributed by atoms with Crippen molar-refractivity contribution in [3.05, 3.63) is 24.0 Å². The lowest BCUT2D eigenvalue weighted by molar-refractivity contribution is 0.0697. The Balaban J connectivity index is 2.18. The number of carbonyl (C=O) groups is 1. The van der Waals surface area contributed by atoms with Gasteiger partial charge in [-0.3, -0.25) is 4.98 Å². The average molecular weight is 249 g/mol. The molecule has 98 valence electrons. The Bertz CT molecular complexity index is 428. The first-order valence-corrected chi connectivity index (χ1v) is 6.18. The van der Waals surface area contributed by atoms with Crippen molar-refractivity contribution in [2.45, 2.75) is 18.9 Å². The molecule has 1 N–H and O–H groups in total. The van der Waals surface area contributed by atoms with Gasteiger partial charge in [0.05, 0.1) is 17.4 Å². The molecule has 1 saturated heterocycles. The van der Waals surface area contributed by atoms with E-state index in [-0.39, 0.29) is 0 Å². The SMILES string of the molecule is CN1CCC(N(C)c2cnccc2C(=O)O)CC1. The van der Waals surface area contributed by atoms with Gasteiger partial charge in [-0.25, -0.2) is 4.79 Å². The van der Waals surface area contributed by atoms with E-state index in [1.807, 2.05) is 7.05 Å². The molecule has 0 radical (unpaired) electrons. The van der Waals surface area contributed by atoms with Gasteiger partial charge in [0.1, 0.15) is 0 Å². The van der Waals surface area contributed by atoms with E-state index in [1.165, 1.54) is 6.20 Å². The number of anilines is 1. The van der Waals surface area contributed by atoms with Crippen LogP contribution in [0.1, 0.15) is 23.2 Å². The van der Waals surface area contributed by atoms with Crippen LogP contribution in [0, 0.1) is 0 Å². The maximum Gasteiger partial charge on any atom is 0.337 e. The van der Waals surface area contributed by atoms with Gasteiger partial charge >= 0.3 is 5.97 Å². The summed E-state index contributed by atoms with van der Waals surface area (Å²) in [7, 11) is 4.07. The molecule has 2 heterocycles. The van der Waals surface area contributed by atoms with E-state index < -0.39 is 5.97 Å². The van der Waals surface area contributed by atoms with Crippen molar-refractivity contribution in [2.24, 2.45) is 0 Å². The third kappa shape index (κ3) is 2.61. The van der Waals surface area contributed by atoms with Gasteiger partial charge in [-0.2, -0.15) is 0 Å². The zero-order valence-corrected chi connectivity index (χ0v) is 10.8. The van der Waals surface area contributed by atoms with E-state index in [9.17, 15) is 9.90 Å². The van der Waals surface area contributed by atoms with Crippen molar-refractivity contribution in [1.29, 1.82) is 0 Å². The Morgan fingerprint density at radius 1 is 1.50 bits per heavy atom. The zero-order chi connectivity index (χ0) is 13.1. The lowest BCUT2D eigenvalue weighted by Crippen LogP contribution is -2.42. The van der Waals surface area contributed by atoms with Gasteiger partial charge < -0.3 is 14.9 Å². The van der Waals surface area contributed by atoms with E-state index in [0.717, 1.165) is 25.9 Å². The van der Waals surface area contributed by atoms with E-state index in [1.54, 1.807) is 12.3 Å². The largest absolute Gasteiger partial charge is 0.478 e. The average Bonchev–Trinajstić information content (AvgIpc) is 2.39. The Morgan fingerprint density at radius 2 is 2.17 bits per heavy atom. The number of aromatic nitrogens is 1. The summed E-state index contributed by atoms with van der Waals surface area (Å²) < 4.78 is 0. The summed E-state index contributed by atoms with van der Waals surface area (Å²) >= 11 is 0. The molecule has 0 atom stereocenters. The van der Waals surface area contributed by atoms with Crippen molar-refractivity contribution in [3.8, 4) is 0 Å². The minimum atomic E-state index is -0.896. The fourth-order valence-electron chi connectivity index (χ4n) is 2.43. The highest BCUT2D eigenvalue weighted by Gasteiger charge is 2.23. The molecule has 1 aliphatic rings. The van der Waals surface area contributed by atoms with Crippen LogP contribution in [-0.2, 0) is 0 Å². The first-order chi connectivity index (χ1) is 8.59. The lowest BCUT2D eigenvalue weighted by atomic mass is 10.0. The number of pyridine rings is 1. The number of carboxylic acid groups (broad SMARTS) is 1. The molecule has 1 fully saturated rings. The quantitative estimate of drug-likeness (QED) is 0.875. The normalized spacial score (nSPS) is 17.7. The van der Waals surface area contributed by atoms with Crippen LogP contribution in [-0.4, -0.2) is 54.2 Å². The summed E-state index contributed by atoms with van der Waals surface area (Å²) in [5, 5.41) is 9.19. The molecule has 2 rings (SSSR count). The van der Waals surface area contributed by atoms with Gasteiger partial charge in [-0.15, -0.1) is 0 Å². The van der Waals surface area contributed by atoms with E-state index in [0.29, 0.717) is 17.3 Å². The number of likely N-dealkylation sites (tertiary alicyclic amines) is 1. The number of piperidine rings is 1. The first kappa shape index (κ1) is 12.8. The molecule has 0 saturated carbocycles. The predicted octanol–water partition coefficient (Wildman–Crippen LogP) is 1.31. The van der Waals surface area contributed by atoms with Crippen molar-refractivity contribution < 1.29 is 9.90 Å². The number of rotatable bonds is 3. The third-order valence-corrected chi connectivity index (χ3v) is 3.65. The maximum atomic E-state index is 11.2. The summed E-state index contributed by atoms with van der Waals surface area (Å²) in [5.74, 6) is -0.896. The second kappa shape index (κ2) is 5.35. The Labute approximate surface area is 107 Å². The molecule has 1 aromatic heterocycles. The number of hydrogen-bond donors (Lipinski definition) is 1. The molecule has 0 amide bonds. The van der Waals surface area contributed by atoms with Crippen LogP contribution in [0.2, 0.25) is 0 Å².